The van der Waals surface area contributed by atoms with Crippen LogP contribution in [-0.2, 0) is 4.79 Å². The molecule has 0 spiro atoms. The Kier molecular flexibility index (Phi) is 4.61. The van der Waals surface area contributed by atoms with E-state index in [2.05, 4.69) is 5.32 Å². The summed E-state index contributed by atoms with van der Waals surface area (Å²) in [6, 6.07) is 17.4. The molecule has 1 N–H and O–H groups in total. The molecule has 0 unspecified atom stereocenters. The van der Waals surface area contributed by atoms with Gasteiger partial charge < -0.3 is 10.2 Å². The van der Waals surface area contributed by atoms with Gasteiger partial charge in [-0.25, -0.2) is 8.78 Å². The Bertz CT molecular complexity index is 1040. The number of nitrogens with zero attached hydrogens (tertiary/aromatic N) is 1. The number of hydrogen-bond donors (Lipinski definition) is 1. The van der Waals surface area contributed by atoms with E-state index >= 15 is 0 Å². The van der Waals surface area contributed by atoms with Gasteiger partial charge in [-0.15, -0.1) is 0 Å². The third-order valence-electron chi connectivity index (χ3n) is 4.68. The van der Waals surface area contributed by atoms with E-state index < -0.39 is 17.7 Å². The first kappa shape index (κ1) is 17.9. The highest BCUT2D eigenvalue weighted by Gasteiger charge is 2.34. The largest absolute Gasteiger partial charge is 0.324 e. The van der Waals surface area contributed by atoms with E-state index in [0.717, 1.165) is 0 Å². The van der Waals surface area contributed by atoms with Crippen LogP contribution in [0.4, 0.5) is 14.5 Å². The predicted molar refractivity (Wildman–Crippen MR) is 101 cm³/mol. The second-order valence-electron chi connectivity index (χ2n) is 6.53. The third-order valence-corrected chi connectivity index (χ3v) is 4.68. The lowest BCUT2D eigenvalue weighted by atomic mass is 9.95. The number of nitrogens with one attached hydrogen (secondary N) is 1. The summed E-state index contributed by atoms with van der Waals surface area (Å²) >= 11 is 0. The van der Waals surface area contributed by atoms with Crippen molar-refractivity contribution in [1.29, 1.82) is 0 Å². The summed E-state index contributed by atoms with van der Waals surface area (Å²) in [6.45, 7) is -0.216. The molecule has 0 radical (unpaired) electrons. The number of anilines is 1. The Hall–Kier alpha value is -3.54. The molecule has 1 aliphatic rings. The number of amides is 2. The summed E-state index contributed by atoms with van der Waals surface area (Å²) < 4.78 is 27.5. The molecule has 28 heavy (non-hydrogen) atoms. The van der Waals surface area contributed by atoms with Crippen molar-refractivity contribution < 1.29 is 18.4 Å². The van der Waals surface area contributed by atoms with Crippen LogP contribution in [0.1, 0.15) is 27.5 Å². The molecule has 4 nitrogen and oxygen atoms in total. The standard InChI is InChI=1S/C22H16F2N2O2/c23-16-8-6-14(7-9-16)21-18-12-17(24)10-11-19(18)25-20(27)13-26(21)22(28)15-4-2-1-3-5-15/h1-12,21H,13H2,(H,25,27)/t21-/m1/s1. The molecular weight excluding hydrogens is 362 g/mol. The van der Waals surface area contributed by atoms with Crippen molar-refractivity contribution >= 4 is 17.5 Å². The lowest BCUT2D eigenvalue weighted by Crippen LogP contribution is -2.39. The molecule has 1 heterocycles. The van der Waals surface area contributed by atoms with Crippen molar-refractivity contribution in [3.8, 4) is 0 Å². The van der Waals surface area contributed by atoms with Crippen LogP contribution in [-0.4, -0.2) is 23.3 Å². The molecule has 3 aromatic carbocycles. The van der Waals surface area contributed by atoms with E-state index in [4.69, 9.17) is 0 Å². The Morgan fingerprint density at radius 3 is 2.32 bits per heavy atom. The molecule has 140 valence electrons. The van der Waals surface area contributed by atoms with Gasteiger partial charge in [0.15, 0.2) is 0 Å². The number of carbonyl (C=O) groups is 2. The molecule has 0 saturated carbocycles. The van der Waals surface area contributed by atoms with Crippen LogP contribution < -0.4 is 5.32 Å². The van der Waals surface area contributed by atoms with Crippen molar-refractivity contribution in [1.82, 2.24) is 4.90 Å². The fraction of sp³-hybridized carbons (Fsp3) is 0.0909. The second-order valence-corrected chi connectivity index (χ2v) is 6.53. The molecule has 6 heteroatoms. The van der Waals surface area contributed by atoms with E-state index in [1.165, 1.54) is 47.4 Å². The van der Waals surface area contributed by atoms with Gasteiger partial charge >= 0.3 is 0 Å². The Morgan fingerprint density at radius 2 is 1.61 bits per heavy atom. The van der Waals surface area contributed by atoms with Crippen LogP contribution in [0.5, 0.6) is 0 Å². The van der Waals surface area contributed by atoms with Crippen molar-refractivity contribution in [2.45, 2.75) is 6.04 Å². The Morgan fingerprint density at radius 1 is 0.929 bits per heavy atom. The quantitative estimate of drug-likeness (QED) is 0.728. The summed E-state index contributed by atoms with van der Waals surface area (Å²) in [5.74, 6) is -1.68. The van der Waals surface area contributed by atoms with Crippen LogP contribution in [0, 0.1) is 11.6 Å². The maximum atomic E-state index is 14.1. The van der Waals surface area contributed by atoms with Gasteiger partial charge in [0, 0.05) is 16.8 Å². The Balaban J connectivity index is 1.90. The average molecular weight is 378 g/mol. The molecule has 3 aromatic rings. The zero-order chi connectivity index (χ0) is 19.7. The first-order chi connectivity index (χ1) is 13.5. The van der Waals surface area contributed by atoms with Gasteiger partial charge in [0.2, 0.25) is 5.91 Å². The highest BCUT2D eigenvalue weighted by molar-refractivity contribution is 6.01. The van der Waals surface area contributed by atoms with E-state index in [1.807, 2.05) is 0 Å². The second kappa shape index (κ2) is 7.23. The predicted octanol–water partition coefficient (Wildman–Crippen LogP) is 4.15. The number of benzene rings is 3. The summed E-state index contributed by atoms with van der Waals surface area (Å²) in [4.78, 5) is 27.0. The first-order valence-electron chi connectivity index (χ1n) is 8.74. The summed E-state index contributed by atoms with van der Waals surface area (Å²) in [7, 11) is 0. The third kappa shape index (κ3) is 3.36. The first-order valence-corrected chi connectivity index (χ1v) is 8.74. The van der Waals surface area contributed by atoms with E-state index in [0.29, 0.717) is 22.4 Å². The molecule has 0 aromatic heterocycles. The summed E-state index contributed by atoms with van der Waals surface area (Å²) in [5.41, 5.74) is 1.84. The monoisotopic (exact) mass is 378 g/mol. The van der Waals surface area contributed by atoms with Gasteiger partial charge in [-0.05, 0) is 48.0 Å². The van der Waals surface area contributed by atoms with E-state index in [9.17, 15) is 18.4 Å². The van der Waals surface area contributed by atoms with Gasteiger partial charge in [0.1, 0.15) is 18.2 Å². The molecule has 0 bridgehead atoms. The van der Waals surface area contributed by atoms with E-state index in [-0.39, 0.29) is 18.4 Å². The fourth-order valence-corrected chi connectivity index (χ4v) is 3.42. The minimum Gasteiger partial charge on any atom is -0.324 e. The maximum Gasteiger partial charge on any atom is 0.255 e. The number of fused-ring (bicyclic) bond motifs is 1. The number of halogens is 2. The van der Waals surface area contributed by atoms with Gasteiger partial charge in [-0.1, -0.05) is 30.3 Å². The summed E-state index contributed by atoms with van der Waals surface area (Å²) in [6.07, 6.45) is 0. The SMILES string of the molecule is O=C1CN(C(=O)c2ccccc2)[C@H](c2ccc(F)cc2)c2cc(F)ccc2N1. The average Bonchev–Trinajstić information content (AvgIpc) is 2.84. The summed E-state index contributed by atoms with van der Waals surface area (Å²) in [5, 5.41) is 2.72. The van der Waals surface area contributed by atoms with Gasteiger partial charge in [-0.2, -0.15) is 0 Å². The zero-order valence-electron chi connectivity index (χ0n) is 14.7. The van der Waals surface area contributed by atoms with Crippen molar-refractivity contribution in [3.05, 3.63) is 101 Å². The van der Waals surface area contributed by atoms with Crippen LogP contribution in [0.25, 0.3) is 0 Å². The molecule has 0 saturated heterocycles. The molecule has 2 amide bonds. The van der Waals surface area contributed by atoms with Crippen molar-refractivity contribution in [2.24, 2.45) is 0 Å². The minimum absolute atomic E-state index is 0.216. The molecular formula is C22H16F2N2O2. The van der Waals surface area contributed by atoms with E-state index in [1.54, 1.807) is 30.3 Å². The van der Waals surface area contributed by atoms with Crippen LogP contribution in [0.15, 0.2) is 72.8 Å². The maximum absolute atomic E-state index is 14.1. The molecule has 0 aliphatic carbocycles. The highest BCUT2D eigenvalue weighted by Crippen LogP contribution is 2.37. The van der Waals surface area contributed by atoms with Crippen LogP contribution >= 0.6 is 0 Å². The molecule has 1 atom stereocenters. The zero-order valence-corrected chi connectivity index (χ0v) is 14.7. The van der Waals surface area contributed by atoms with Crippen LogP contribution in [0.3, 0.4) is 0 Å². The highest BCUT2D eigenvalue weighted by atomic mass is 19.1. The molecule has 1 aliphatic heterocycles. The fourth-order valence-electron chi connectivity index (χ4n) is 3.42. The Labute approximate surface area is 160 Å². The van der Waals surface area contributed by atoms with Crippen molar-refractivity contribution in [3.63, 3.8) is 0 Å². The molecule has 4 rings (SSSR count). The van der Waals surface area contributed by atoms with Crippen molar-refractivity contribution in [2.75, 3.05) is 11.9 Å². The molecule has 0 fully saturated rings. The number of hydrogen-bond acceptors (Lipinski definition) is 2. The minimum atomic E-state index is -0.752. The number of rotatable bonds is 2. The lowest BCUT2D eigenvalue weighted by Gasteiger charge is -2.30. The van der Waals surface area contributed by atoms with Crippen LogP contribution in [0.2, 0.25) is 0 Å². The topological polar surface area (TPSA) is 49.4 Å². The van der Waals surface area contributed by atoms with Gasteiger partial charge in [0.25, 0.3) is 5.91 Å². The normalized spacial score (nSPS) is 16.1. The van der Waals surface area contributed by atoms with Gasteiger partial charge in [0.05, 0.1) is 6.04 Å². The lowest BCUT2D eigenvalue weighted by molar-refractivity contribution is -0.117. The smallest absolute Gasteiger partial charge is 0.255 e. The van der Waals surface area contributed by atoms with Gasteiger partial charge in [-0.3, -0.25) is 9.59 Å². The number of carbonyl (C=O) groups excluding carboxylic acids is 2.